The summed E-state index contributed by atoms with van der Waals surface area (Å²) in [6.07, 6.45) is 0. The molecule has 1 heterocycles. The fraction of sp³-hybridized carbons (Fsp3) is 0. The van der Waals surface area contributed by atoms with Gasteiger partial charge in [0.15, 0.2) is 0 Å². The third-order valence-electron chi connectivity index (χ3n) is 11.5. The van der Waals surface area contributed by atoms with Crippen LogP contribution in [0.15, 0.2) is 224 Å². The Morgan fingerprint density at radius 1 is 0.310 bits per heavy atom. The molecule has 0 aliphatic carbocycles. The lowest BCUT2D eigenvalue weighted by Gasteiger charge is -2.26. The molecule has 0 aliphatic heterocycles. The third kappa shape index (κ3) is 5.94. The molecule has 0 unspecified atom stereocenters. The van der Waals surface area contributed by atoms with E-state index in [2.05, 4.69) is 229 Å². The van der Waals surface area contributed by atoms with Gasteiger partial charge in [-0.05, 0) is 109 Å². The first kappa shape index (κ1) is 34.0. The molecule has 0 spiro atoms. The molecule has 0 saturated heterocycles. The molecule has 58 heavy (non-hydrogen) atoms. The zero-order valence-corrected chi connectivity index (χ0v) is 32.5. The second kappa shape index (κ2) is 14.4. The molecule has 2 heteroatoms. The summed E-state index contributed by atoms with van der Waals surface area (Å²) in [6, 6.07) is 81.8. The molecule has 0 fully saturated rings. The van der Waals surface area contributed by atoms with Crippen molar-refractivity contribution in [1.82, 2.24) is 0 Å². The summed E-state index contributed by atoms with van der Waals surface area (Å²) in [4.78, 5) is 2.42. The third-order valence-corrected chi connectivity index (χ3v) is 12.7. The summed E-state index contributed by atoms with van der Waals surface area (Å²) in [5.41, 5.74) is 13.2. The van der Waals surface area contributed by atoms with E-state index in [0.29, 0.717) is 0 Å². The first-order chi connectivity index (χ1) is 28.8. The first-order valence-corrected chi connectivity index (χ1v) is 20.7. The largest absolute Gasteiger partial charge is 0.309 e. The minimum absolute atomic E-state index is 1.12. The second-order valence-corrected chi connectivity index (χ2v) is 15.9. The van der Waals surface area contributed by atoms with Crippen molar-refractivity contribution >= 4 is 70.1 Å². The minimum Gasteiger partial charge on any atom is -0.309 e. The number of hydrogen-bond donors (Lipinski definition) is 0. The van der Waals surface area contributed by atoms with Crippen LogP contribution in [-0.2, 0) is 0 Å². The molecule has 1 nitrogen and oxygen atoms in total. The van der Waals surface area contributed by atoms with Crippen molar-refractivity contribution in [2.24, 2.45) is 0 Å². The number of fused-ring (bicyclic) bond motifs is 5. The zero-order chi connectivity index (χ0) is 38.4. The summed E-state index contributed by atoms with van der Waals surface area (Å²) < 4.78 is 2.58. The van der Waals surface area contributed by atoms with Gasteiger partial charge in [0.05, 0.1) is 10.4 Å². The van der Waals surface area contributed by atoms with Gasteiger partial charge < -0.3 is 4.90 Å². The Morgan fingerprint density at radius 3 is 1.60 bits per heavy atom. The summed E-state index contributed by atoms with van der Waals surface area (Å²) in [5, 5.41) is 7.62. The SMILES string of the molecule is c1ccc(-c2cccc3cccc(-c4cccc(-c5ccc(N(c6ccc(-c7cccc8ccccc78)cc6)c6cccc7c6sc6ccccc67)cc5)c4)c23)cc1. The number of thiophene rings is 1. The molecule has 0 saturated carbocycles. The molecule has 1 aromatic heterocycles. The second-order valence-electron chi connectivity index (χ2n) is 14.9. The Kier molecular flexibility index (Phi) is 8.42. The van der Waals surface area contributed by atoms with Crippen LogP contribution >= 0.6 is 11.3 Å². The monoisotopic (exact) mass is 755 g/mol. The topological polar surface area (TPSA) is 3.24 Å². The predicted molar refractivity (Wildman–Crippen MR) is 251 cm³/mol. The smallest absolute Gasteiger partial charge is 0.0640 e. The summed E-state index contributed by atoms with van der Waals surface area (Å²) in [7, 11) is 0. The van der Waals surface area contributed by atoms with Crippen molar-refractivity contribution in [3.05, 3.63) is 224 Å². The van der Waals surface area contributed by atoms with E-state index in [1.807, 2.05) is 11.3 Å². The van der Waals surface area contributed by atoms with E-state index < -0.39 is 0 Å². The Bertz CT molecular complexity index is 3260. The van der Waals surface area contributed by atoms with Crippen molar-refractivity contribution in [1.29, 1.82) is 0 Å². The van der Waals surface area contributed by atoms with Gasteiger partial charge in [-0.15, -0.1) is 11.3 Å². The molecule has 0 N–H and O–H groups in total. The molecule has 11 aromatic rings. The van der Waals surface area contributed by atoms with Crippen LogP contribution in [0.5, 0.6) is 0 Å². The highest BCUT2D eigenvalue weighted by molar-refractivity contribution is 7.26. The van der Waals surface area contributed by atoms with Crippen LogP contribution in [0, 0.1) is 0 Å². The molecule has 272 valence electrons. The van der Waals surface area contributed by atoms with Gasteiger partial charge in [0.1, 0.15) is 0 Å². The number of benzene rings is 10. The lowest BCUT2D eigenvalue weighted by Crippen LogP contribution is -2.10. The van der Waals surface area contributed by atoms with Crippen LogP contribution in [0.4, 0.5) is 17.1 Å². The van der Waals surface area contributed by atoms with Crippen LogP contribution in [0.2, 0.25) is 0 Å². The van der Waals surface area contributed by atoms with Crippen molar-refractivity contribution in [2.45, 2.75) is 0 Å². The van der Waals surface area contributed by atoms with Crippen molar-refractivity contribution in [3.63, 3.8) is 0 Å². The Hall–Kier alpha value is -7.26. The van der Waals surface area contributed by atoms with Gasteiger partial charge in [-0.3, -0.25) is 0 Å². The Balaban J connectivity index is 1.01. The highest BCUT2D eigenvalue weighted by Crippen LogP contribution is 2.46. The lowest BCUT2D eigenvalue weighted by molar-refractivity contribution is 1.30. The van der Waals surface area contributed by atoms with Gasteiger partial charge in [0.2, 0.25) is 0 Å². The van der Waals surface area contributed by atoms with Crippen LogP contribution in [0.25, 0.3) is 86.2 Å². The van der Waals surface area contributed by atoms with Crippen molar-refractivity contribution in [2.75, 3.05) is 4.90 Å². The summed E-state index contributed by atoms with van der Waals surface area (Å²) in [6.45, 7) is 0. The standard InChI is InChI=1S/C56H37NS/c1-2-13-40(14-3-1)49-24-10-17-42-18-11-25-50(55(42)49)44-20-8-19-43(37-44)38-29-33-45(34-30-38)57(53-27-12-26-52-51-22-6-7-28-54(51)58-56(52)53)46-35-31-41(32-36-46)48-23-9-16-39-15-4-5-21-47(39)48/h1-37H. The molecule has 11 rings (SSSR count). The van der Waals surface area contributed by atoms with Crippen LogP contribution in [-0.4, -0.2) is 0 Å². The molecule has 0 amide bonds. The molecule has 0 atom stereocenters. The number of hydrogen-bond acceptors (Lipinski definition) is 2. The fourth-order valence-corrected chi connectivity index (χ4v) is 9.92. The maximum Gasteiger partial charge on any atom is 0.0640 e. The van der Waals surface area contributed by atoms with Gasteiger partial charge in [-0.1, -0.05) is 182 Å². The molecule has 0 bridgehead atoms. The van der Waals surface area contributed by atoms with Gasteiger partial charge in [-0.2, -0.15) is 0 Å². The molecular weight excluding hydrogens is 719 g/mol. The van der Waals surface area contributed by atoms with Crippen molar-refractivity contribution in [3.8, 4) is 44.5 Å². The number of nitrogens with zero attached hydrogens (tertiary/aromatic N) is 1. The van der Waals surface area contributed by atoms with E-state index in [9.17, 15) is 0 Å². The van der Waals surface area contributed by atoms with E-state index in [1.165, 1.54) is 91.9 Å². The average molecular weight is 756 g/mol. The quantitative estimate of drug-likeness (QED) is 0.157. The highest BCUT2D eigenvalue weighted by atomic mass is 32.1. The lowest BCUT2D eigenvalue weighted by atomic mass is 9.90. The maximum atomic E-state index is 2.42. The van der Waals surface area contributed by atoms with Crippen LogP contribution < -0.4 is 4.90 Å². The minimum atomic E-state index is 1.12. The average Bonchev–Trinajstić information content (AvgIpc) is 3.69. The number of rotatable bonds is 7. The van der Waals surface area contributed by atoms with E-state index in [1.54, 1.807) is 0 Å². The van der Waals surface area contributed by atoms with Crippen LogP contribution in [0.1, 0.15) is 0 Å². The van der Waals surface area contributed by atoms with E-state index in [4.69, 9.17) is 0 Å². The maximum absolute atomic E-state index is 2.42. The van der Waals surface area contributed by atoms with E-state index in [-0.39, 0.29) is 0 Å². The van der Waals surface area contributed by atoms with Gasteiger partial charge in [-0.25, -0.2) is 0 Å². The molecule has 0 aliphatic rings. The molecule has 10 aromatic carbocycles. The van der Waals surface area contributed by atoms with Crippen LogP contribution in [0.3, 0.4) is 0 Å². The molecule has 0 radical (unpaired) electrons. The predicted octanol–water partition coefficient (Wildman–Crippen LogP) is 16.5. The Labute approximate surface area is 342 Å². The van der Waals surface area contributed by atoms with E-state index >= 15 is 0 Å². The number of anilines is 3. The highest BCUT2D eigenvalue weighted by Gasteiger charge is 2.19. The first-order valence-electron chi connectivity index (χ1n) is 19.8. The van der Waals surface area contributed by atoms with E-state index in [0.717, 1.165) is 11.4 Å². The Morgan fingerprint density at radius 2 is 0.828 bits per heavy atom. The normalized spacial score (nSPS) is 11.4. The van der Waals surface area contributed by atoms with Crippen molar-refractivity contribution < 1.29 is 0 Å². The fourth-order valence-electron chi connectivity index (χ4n) is 8.71. The van der Waals surface area contributed by atoms with Gasteiger partial charge >= 0.3 is 0 Å². The summed E-state index contributed by atoms with van der Waals surface area (Å²) in [5.74, 6) is 0. The summed E-state index contributed by atoms with van der Waals surface area (Å²) >= 11 is 1.87. The van der Waals surface area contributed by atoms with Gasteiger partial charge in [0.25, 0.3) is 0 Å². The zero-order valence-electron chi connectivity index (χ0n) is 31.7. The molecular formula is C56H37NS. The van der Waals surface area contributed by atoms with Gasteiger partial charge in [0, 0.05) is 26.8 Å².